The van der Waals surface area contributed by atoms with E-state index in [-0.39, 0.29) is 5.89 Å². The molecule has 0 radical (unpaired) electrons. The van der Waals surface area contributed by atoms with Crippen molar-refractivity contribution in [1.82, 2.24) is 15.1 Å². The van der Waals surface area contributed by atoms with E-state index in [9.17, 15) is 13.2 Å². The SMILES string of the molecule is COc1cccc(OC)c1-c1nnc(S(=O)(=O)CC(=O)N2CCCC(C)C2)o1. The summed E-state index contributed by atoms with van der Waals surface area (Å²) in [4.78, 5) is 14.0. The number of carbonyl (C=O) groups is 1. The lowest BCUT2D eigenvalue weighted by molar-refractivity contribution is -0.130. The number of ether oxygens (including phenoxy) is 2. The van der Waals surface area contributed by atoms with Gasteiger partial charge in [0.25, 0.3) is 5.89 Å². The third-order valence-electron chi connectivity index (χ3n) is 4.64. The molecule has 2 heterocycles. The van der Waals surface area contributed by atoms with Crippen LogP contribution in [-0.4, -0.2) is 62.5 Å². The molecule has 0 N–H and O–H groups in total. The first kappa shape index (κ1) is 20.1. The molecule has 0 aliphatic carbocycles. The largest absolute Gasteiger partial charge is 0.496 e. The van der Waals surface area contributed by atoms with E-state index in [1.165, 1.54) is 14.2 Å². The van der Waals surface area contributed by atoms with Crippen LogP contribution >= 0.6 is 0 Å². The molecule has 0 saturated carbocycles. The fraction of sp³-hybridized carbons (Fsp3) is 0.500. The minimum Gasteiger partial charge on any atom is -0.496 e. The summed E-state index contributed by atoms with van der Waals surface area (Å²) < 4.78 is 41.2. The molecule has 3 rings (SSSR count). The maximum Gasteiger partial charge on any atom is 0.336 e. The summed E-state index contributed by atoms with van der Waals surface area (Å²) in [6, 6.07) is 5.04. The quantitative estimate of drug-likeness (QED) is 0.710. The van der Waals surface area contributed by atoms with E-state index in [0.29, 0.717) is 36.1 Å². The number of methoxy groups -OCH3 is 2. The van der Waals surface area contributed by atoms with E-state index in [1.807, 2.05) is 6.92 Å². The van der Waals surface area contributed by atoms with Crippen molar-refractivity contribution < 1.29 is 27.1 Å². The lowest BCUT2D eigenvalue weighted by Crippen LogP contribution is -2.42. The molecular formula is C18H23N3O6S. The number of hydrogen-bond acceptors (Lipinski definition) is 8. The van der Waals surface area contributed by atoms with Gasteiger partial charge in [0, 0.05) is 13.1 Å². The van der Waals surface area contributed by atoms with Gasteiger partial charge in [-0.25, -0.2) is 8.42 Å². The molecule has 2 aromatic rings. The third kappa shape index (κ3) is 4.11. The second-order valence-corrected chi connectivity index (χ2v) is 8.62. The zero-order valence-corrected chi connectivity index (χ0v) is 16.9. The summed E-state index contributed by atoms with van der Waals surface area (Å²) >= 11 is 0. The predicted molar refractivity (Wildman–Crippen MR) is 99.9 cm³/mol. The van der Waals surface area contributed by atoms with Crippen molar-refractivity contribution in [2.24, 2.45) is 5.92 Å². The molecular weight excluding hydrogens is 386 g/mol. The summed E-state index contributed by atoms with van der Waals surface area (Å²) in [5.41, 5.74) is 0.345. The van der Waals surface area contributed by atoms with Crippen molar-refractivity contribution in [2.75, 3.05) is 33.1 Å². The number of rotatable bonds is 6. The number of benzene rings is 1. The van der Waals surface area contributed by atoms with E-state index < -0.39 is 26.7 Å². The van der Waals surface area contributed by atoms with Gasteiger partial charge in [-0.3, -0.25) is 4.79 Å². The zero-order valence-electron chi connectivity index (χ0n) is 16.0. The minimum atomic E-state index is -4.07. The summed E-state index contributed by atoms with van der Waals surface area (Å²) in [5, 5.41) is 6.86. The highest BCUT2D eigenvalue weighted by Gasteiger charge is 2.31. The van der Waals surface area contributed by atoms with Crippen LogP contribution in [0, 0.1) is 5.92 Å². The lowest BCUT2D eigenvalue weighted by atomic mass is 10.0. The van der Waals surface area contributed by atoms with Crippen molar-refractivity contribution >= 4 is 15.7 Å². The number of amides is 1. The van der Waals surface area contributed by atoms with Crippen molar-refractivity contribution in [3.05, 3.63) is 18.2 Å². The van der Waals surface area contributed by atoms with Gasteiger partial charge in [-0.05, 0) is 30.9 Å². The van der Waals surface area contributed by atoms with E-state index >= 15 is 0 Å². The Morgan fingerprint density at radius 3 is 2.54 bits per heavy atom. The molecule has 1 saturated heterocycles. The number of hydrogen-bond donors (Lipinski definition) is 0. The van der Waals surface area contributed by atoms with Gasteiger partial charge in [-0.1, -0.05) is 18.1 Å². The van der Waals surface area contributed by atoms with Crippen LogP contribution in [0.2, 0.25) is 0 Å². The number of aromatic nitrogens is 2. The first-order valence-corrected chi connectivity index (χ1v) is 10.6. The van der Waals surface area contributed by atoms with Crippen molar-refractivity contribution in [1.29, 1.82) is 0 Å². The average Bonchev–Trinajstić information content (AvgIpc) is 3.17. The number of nitrogens with zero attached hydrogens (tertiary/aromatic N) is 3. The number of likely N-dealkylation sites (tertiary alicyclic amines) is 1. The molecule has 1 unspecified atom stereocenters. The highest BCUT2D eigenvalue weighted by Crippen LogP contribution is 2.37. The van der Waals surface area contributed by atoms with Crippen LogP contribution < -0.4 is 9.47 Å². The third-order valence-corrected chi connectivity index (χ3v) is 5.96. The Morgan fingerprint density at radius 2 is 1.93 bits per heavy atom. The van der Waals surface area contributed by atoms with Gasteiger partial charge in [-0.2, -0.15) is 0 Å². The molecule has 1 fully saturated rings. The first-order chi connectivity index (χ1) is 13.4. The van der Waals surface area contributed by atoms with Gasteiger partial charge in [0.2, 0.25) is 15.7 Å². The van der Waals surface area contributed by atoms with Gasteiger partial charge < -0.3 is 18.8 Å². The molecule has 1 aliphatic rings. The average molecular weight is 409 g/mol. The van der Waals surface area contributed by atoms with E-state index in [2.05, 4.69) is 10.2 Å². The normalized spacial score (nSPS) is 17.4. The summed E-state index contributed by atoms with van der Waals surface area (Å²) in [5.74, 6) is -0.0816. The van der Waals surface area contributed by atoms with E-state index in [0.717, 1.165) is 12.8 Å². The molecule has 1 atom stereocenters. The topological polar surface area (TPSA) is 112 Å². The Hall–Kier alpha value is -2.62. The van der Waals surface area contributed by atoms with Gasteiger partial charge in [0.1, 0.15) is 22.8 Å². The monoisotopic (exact) mass is 409 g/mol. The van der Waals surface area contributed by atoms with Crippen LogP contribution in [0.25, 0.3) is 11.5 Å². The van der Waals surface area contributed by atoms with E-state index in [1.54, 1.807) is 23.1 Å². The van der Waals surface area contributed by atoms with Gasteiger partial charge in [-0.15, -0.1) is 5.10 Å². The summed E-state index contributed by atoms with van der Waals surface area (Å²) in [6.07, 6.45) is 1.90. The zero-order chi connectivity index (χ0) is 20.3. The Labute approximate surface area is 163 Å². The molecule has 0 bridgehead atoms. The number of carbonyl (C=O) groups excluding carboxylic acids is 1. The second kappa shape index (κ2) is 8.17. The predicted octanol–water partition coefficient (Wildman–Crippen LogP) is 1.79. The Balaban J connectivity index is 1.84. The Morgan fingerprint density at radius 1 is 1.25 bits per heavy atom. The number of piperidine rings is 1. The fourth-order valence-electron chi connectivity index (χ4n) is 3.23. The standard InChI is InChI=1S/C18H23N3O6S/c1-12-6-5-9-21(10-12)15(22)11-28(23,24)18-20-19-17(27-18)16-13(25-2)7-4-8-14(16)26-3/h4,7-8,12H,5-6,9-11H2,1-3H3. The molecule has 1 amide bonds. The molecule has 28 heavy (non-hydrogen) atoms. The van der Waals surface area contributed by atoms with Crippen molar-refractivity contribution in [3.63, 3.8) is 0 Å². The fourth-order valence-corrected chi connectivity index (χ4v) is 4.23. The van der Waals surface area contributed by atoms with Crippen molar-refractivity contribution in [3.8, 4) is 23.0 Å². The lowest BCUT2D eigenvalue weighted by Gasteiger charge is -2.30. The van der Waals surface area contributed by atoms with Crippen LogP contribution in [0.4, 0.5) is 0 Å². The maximum absolute atomic E-state index is 12.6. The van der Waals surface area contributed by atoms with Crippen LogP contribution in [0.1, 0.15) is 19.8 Å². The maximum atomic E-state index is 12.6. The molecule has 0 spiro atoms. The highest BCUT2D eigenvalue weighted by atomic mass is 32.2. The number of sulfone groups is 1. The van der Waals surface area contributed by atoms with Crippen LogP contribution in [0.3, 0.4) is 0 Å². The van der Waals surface area contributed by atoms with Gasteiger partial charge in [0.15, 0.2) is 0 Å². The molecule has 9 nitrogen and oxygen atoms in total. The van der Waals surface area contributed by atoms with Crippen LogP contribution in [0.15, 0.2) is 27.8 Å². The smallest absolute Gasteiger partial charge is 0.336 e. The highest BCUT2D eigenvalue weighted by molar-refractivity contribution is 7.91. The molecule has 1 aromatic carbocycles. The van der Waals surface area contributed by atoms with Crippen molar-refractivity contribution in [2.45, 2.75) is 25.0 Å². The van der Waals surface area contributed by atoms with Gasteiger partial charge in [0.05, 0.1) is 14.2 Å². The van der Waals surface area contributed by atoms with Gasteiger partial charge >= 0.3 is 5.22 Å². The van der Waals surface area contributed by atoms with E-state index in [4.69, 9.17) is 13.9 Å². The summed E-state index contributed by atoms with van der Waals surface area (Å²) in [7, 11) is -1.14. The molecule has 152 valence electrons. The second-order valence-electron chi connectivity index (χ2n) is 6.76. The van der Waals surface area contributed by atoms with Crippen LogP contribution in [0.5, 0.6) is 11.5 Å². The molecule has 1 aliphatic heterocycles. The minimum absolute atomic E-state index is 0.0630. The molecule has 10 heteroatoms. The Bertz CT molecular complexity index is 934. The first-order valence-electron chi connectivity index (χ1n) is 8.91. The Kier molecular flexibility index (Phi) is 5.87. The molecule has 1 aromatic heterocycles. The summed E-state index contributed by atoms with van der Waals surface area (Å²) in [6.45, 7) is 3.16. The van der Waals surface area contributed by atoms with Crippen LogP contribution in [-0.2, 0) is 14.6 Å².